The number of hydrogen-bond acceptors (Lipinski definition) is 8. The summed E-state index contributed by atoms with van der Waals surface area (Å²) in [6.45, 7) is 1.84. The molecule has 0 fully saturated rings. The molecule has 9 heteroatoms. The number of carbonyl (C=O) groups excluding carboxylic acids is 1. The van der Waals surface area contributed by atoms with E-state index in [1.54, 1.807) is 24.2 Å². The summed E-state index contributed by atoms with van der Waals surface area (Å²) >= 11 is 4.52. The molecule has 0 spiro atoms. The van der Waals surface area contributed by atoms with E-state index in [9.17, 15) is 4.79 Å². The van der Waals surface area contributed by atoms with Crippen molar-refractivity contribution >= 4 is 57.3 Å². The van der Waals surface area contributed by atoms with Crippen molar-refractivity contribution in [1.29, 1.82) is 0 Å². The zero-order valence-electron chi connectivity index (χ0n) is 16.7. The van der Waals surface area contributed by atoms with E-state index in [1.807, 2.05) is 19.1 Å². The molecule has 2 heterocycles. The molecule has 0 atom stereocenters. The highest BCUT2D eigenvalue weighted by Gasteiger charge is 2.10. The lowest BCUT2D eigenvalue weighted by molar-refractivity contribution is -0.118. The number of nitrogens with zero attached hydrogens (tertiary/aromatic N) is 4. The summed E-state index contributed by atoms with van der Waals surface area (Å²) in [5.41, 5.74) is 5.50. The van der Waals surface area contributed by atoms with Gasteiger partial charge in [0.1, 0.15) is 0 Å². The highest BCUT2D eigenvalue weighted by Crippen LogP contribution is 2.32. The van der Waals surface area contributed by atoms with Crippen LogP contribution in [0.1, 0.15) is 18.1 Å². The number of aromatic nitrogens is 3. The van der Waals surface area contributed by atoms with Crippen molar-refractivity contribution in [3.05, 3.63) is 78.1 Å². The van der Waals surface area contributed by atoms with Crippen LogP contribution in [0.4, 0.5) is 0 Å². The molecule has 156 valence electrons. The van der Waals surface area contributed by atoms with Gasteiger partial charge in [-0.2, -0.15) is 5.10 Å². The fraction of sp³-hybridized carbons (Fsp3) is 0.136. The molecule has 0 saturated heterocycles. The van der Waals surface area contributed by atoms with Gasteiger partial charge in [-0.05, 0) is 35.4 Å². The molecule has 0 saturated carbocycles. The molecular formula is C22H19N5OS3. The second-order valence-electron chi connectivity index (χ2n) is 6.52. The first kappa shape index (κ1) is 21.5. The maximum absolute atomic E-state index is 12.1. The third kappa shape index (κ3) is 5.90. The predicted molar refractivity (Wildman–Crippen MR) is 129 cm³/mol. The predicted octanol–water partition coefficient (Wildman–Crippen LogP) is 5.01. The maximum Gasteiger partial charge on any atom is 0.250 e. The van der Waals surface area contributed by atoms with E-state index in [0.717, 1.165) is 25.7 Å². The van der Waals surface area contributed by atoms with Gasteiger partial charge in [-0.3, -0.25) is 9.78 Å². The first-order valence-electron chi connectivity index (χ1n) is 9.48. The van der Waals surface area contributed by atoms with Gasteiger partial charge in [0.15, 0.2) is 8.68 Å². The Kier molecular flexibility index (Phi) is 7.29. The number of hydrazone groups is 1. The number of pyridine rings is 1. The first-order valence-corrected chi connectivity index (χ1v) is 12.3. The Labute approximate surface area is 192 Å². The zero-order chi connectivity index (χ0) is 21.5. The van der Waals surface area contributed by atoms with Gasteiger partial charge in [0.2, 0.25) is 0 Å². The van der Waals surface area contributed by atoms with Crippen LogP contribution in [0.15, 0.2) is 80.8 Å². The van der Waals surface area contributed by atoms with Crippen molar-refractivity contribution in [3.63, 3.8) is 0 Å². The Bertz CT molecular complexity index is 1200. The van der Waals surface area contributed by atoms with Gasteiger partial charge in [-0.1, -0.05) is 77.3 Å². The van der Waals surface area contributed by atoms with Crippen molar-refractivity contribution in [2.75, 3.05) is 5.75 Å². The number of nitrogens with one attached hydrogen (secondary N) is 1. The molecule has 0 unspecified atom stereocenters. The second kappa shape index (κ2) is 10.5. The van der Waals surface area contributed by atoms with Crippen LogP contribution in [0.5, 0.6) is 0 Å². The molecule has 4 aromatic rings. The van der Waals surface area contributed by atoms with Crippen LogP contribution in [0, 0.1) is 0 Å². The largest absolute Gasteiger partial charge is 0.272 e. The van der Waals surface area contributed by atoms with Crippen molar-refractivity contribution < 1.29 is 4.79 Å². The van der Waals surface area contributed by atoms with Crippen molar-refractivity contribution in [1.82, 2.24) is 20.6 Å². The molecule has 4 rings (SSSR count). The van der Waals surface area contributed by atoms with Crippen LogP contribution in [0.2, 0.25) is 0 Å². The standard InChI is InChI=1S/C22H19N5OS3/c1-15(16-9-11-23-12-10-16)24-25-20(28)14-30-22-27-26-21(31-22)29-13-18-7-4-6-17-5-2-3-8-19(17)18/h2-12H,13-14H2,1H3,(H,25,28). The summed E-state index contributed by atoms with van der Waals surface area (Å²) in [5, 5.41) is 15.1. The highest BCUT2D eigenvalue weighted by atomic mass is 32.2. The zero-order valence-corrected chi connectivity index (χ0v) is 19.1. The molecule has 0 aliphatic heterocycles. The van der Waals surface area contributed by atoms with Crippen molar-refractivity contribution in [2.24, 2.45) is 5.10 Å². The van der Waals surface area contributed by atoms with E-state index < -0.39 is 0 Å². The van der Waals surface area contributed by atoms with E-state index in [2.05, 4.69) is 68.2 Å². The van der Waals surface area contributed by atoms with Gasteiger partial charge in [0, 0.05) is 23.7 Å². The van der Waals surface area contributed by atoms with E-state index in [1.165, 1.54) is 39.4 Å². The third-order valence-corrected chi connectivity index (χ3v) is 7.63. The Morgan fingerprint density at radius 2 is 1.74 bits per heavy atom. The van der Waals surface area contributed by atoms with Crippen LogP contribution < -0.4 is 5.43 Å². The minimum absolute atomic E-state index is 0.182. The fourth-order valence-electron chi connectivity index (χ4n) is 2.84. The Morgan fingerprint density at radius 3 is 2.58 bits per heavy atom. The lowest BCUT2D eigenvalue weighted by Gasteiger charge is -2.04. The Morgan fingerprint density at radius 1 is 1.00 bits per heavy atom. The van der Waals surface area contributed by atoms with Gasteiger partial charge in [0.05, 0.1) is 11.5 Å². The van der Waals surface area contributed by atoms with Gasteiger partial charge < -0.3 is 0 Å². The number of amides is 1. The summed E-state index contributed by atoms with van der Waals surface area (Å²) in [4.78, 5) is 16.1. The smallest absolute Gasteiger partial charge is 0.250 e. The summed E-state index contributed by atoms with van der Waals surface area (Å²) in [7, 11) is 0. The minimum Gasteiger partial charge on any atom is -0.272 e. The summed E-state index contributed by atoms with van der Waals surface area (Å²) in [6.07, 6.45) is 3.38. The SMILES string of the molecule is CC(=NNC(=O)CSc1nnc(SCc2cccc3ccccc23)s1)c1ccncc1. The number of hydrogen-bond donors (Lipinski definition) is 1. The molecule has 0 aliphatic rings. The van der Waals surface area contributed by atoms with Crippen LogP contribution in [-0.4, -0.2) is 32.6 Å². The number of fused-ring (bicyclic) bond motifs is 1. The van der Waals surface area contributed by atoms with E-state index in [0.29, 0.717) is 0 Å². The van der Waals surface area contributed by atoms with Crippen LogP contribution in [0.3, 0.4) is 0 Å². The molecule has 6 nitrogen and oxygen atoms in total. The van der Waals surface area contributed by atoms with E-state index in [-0.39, 0.29) is 11.7 Å². The van der Waals surface area contributed by atoms with Crippen molar-refractivity contribution in [2.45, 2.75) is 21.4 Å². The number of carbonyl (C=O) groups is 1. The average molecular weight is 466 g/mol. The molecule has 0 bridgehead atoms. The Hall–Kier alpha value is -2.75. The van der Waals surface area contributed by atoms with Crippen LogP contribution in [-0.2, 0) is 10.5 Å². The van der Waals surface area contributed by atoms with Gasteiger partial charge in [-0.15, -0.1) is 10.2 Å². The van der Waals surface area contributed by atoms with Crippen LogP contribution in [0.25, 0.3) is 10.8 Å². The monoisotopic (exact) mass is 465 g/mol. The maximum atomic E-state index is 12.1. The lowest BCUT2D eigenvalue weighted by Crippen LogP contribution is -2.21. The Balaban J connectivity index is 1.27. The average Bonchev–Trinajstić information content (AvgIpc) is 3.28. The summed E-state index contributed by atoms with van der Waals surface area (Å²) in [5.74, 6) is 0.874. The fourth-order valence-corrected chi connectivity index (χ4v) is 5.65. The molecule has 1 amide bonds. The third-order valence-electron chi connectivity index (χ3n) is 4.39. The molecule has 1 N–H and O–H groups in total. The van der Waals surface area contributed by atoms with Crippen LogP contribution >= 0.6 is 34.9 Å². The van der Waals surface area contributed by atoms with Gasteiger partial charge in [-0.25, -0.2) is 5.43 Å². The molecule has 2 aromatic heterocycles. The van der Waals surface area contributed by atoms with E-state index >= 15 is 0 Å². The molecule has 2 aromatic carbocycles. The summed E-state index contributed by atoms with van der Waals surface area (Å²) in [6, 6.07) is 18.4. The van der Waals surface area contributed by atoms with Gasteiger partial charge in [0.25, 0.3) is 5.91 Å². The molecule has 0 radical (unpaired) electrons. The topological polar surface area (TPSA) is 80.1 Å². The number of benzene rings is 2. The number of rotatable bonds is 8. The second-order valence-corrected chi connectivity index (χ2v) is 9.94. The summed E-state index contributed by atoms with van der Waals surface area (Å²) < 4.78 is 1.66. The minimum atomic E-state index is -0.182. The highest BCUT2D eigenvalue weighted by molar-refractivity contribution is 8.03. The molecule has 31 heavy (non-hydrogen) atoms. The quantitative estimate of drug-likeness (QED) is 0.224. The molecular weight excluding hydrogens is 446 g/mol. The van der Waals surface area contributed by atoms with E-state index in [4.69, 9.17) is 0 Å². The van der Waals surface area contributed by atoms with Gasteiger partial charge >= 0.3 is 0 Å². The normalized spacial score (nSPS) is 11.6. The lowest BCUT2D eigenvalue weighted by atomic mass is 10.1. The number of thioether (sulfide) groups is 2. The molecule has 0 aliphatic carbocycles. The first-order chi connectivity index (χ1) is 15.2. The van der Waals surface area contributed by atoms with Crippen molar-refractivity contribution in [3.8, 4) is 0 Å².